The molecule has 2 aromatic carbocycles. The van der Waals surface area contributed by atoms with E-state index in [1.807, 2.05) is 71.1 Å². The van der Waals surface area contributed by atoms with Gasteiger partial charge in [0.2, 0.25) is 5.91 Å². The van der Waals surface area contributed by atoms with Crippen molar-refractivity contribution < 1.29 is 19.1 Å². The van der Waals surface area contributed by atoms with Gasteiger partial charge in [0, 0.05) is 35.8 Å². The van der Waals surface area contributed by atoms with E-state index in [1.54, 1.807) is 18.6 Å². The Balaban J connectivity index is 1.52. The number of amides is 1. The number of aromatic nitrogens is 2. The number of para-hydroxylation sites is 1. The molecule has 0 radical (unpaired) electrons. The Hall–Kier alpha value is -3.96. The minimum Gasteiger partial charge on any atom is -0.496 e. The lowest BCUT2D eigenvalue weighted by molar-refractivity contribution is -0.139. The molecule has 9 nitrogen and oxygen atoms in total. The summed E-state index contributed by atoms with van der Waals surface area (Å²) in [6.45, 7) is 5.84. The van der Waals surface area contributed by atoms with Crippen molar-refractivity contribution in [1.82, 2.24) is 14.0 Å². The van der Waals surface area contributed by atoms with Crippen molar-refractivity contribution in [2.24, 2.45) is 4.99 Å². The van der Waals surface area contributed by atoms with Crippen LogP contribution in [0.15, 0.2) is 74.2 Å². The maximum atomic E-state index is 14.3. The number of allylic oxidation sites excluding steroid dienone is 1. The number of rotatable bonds is 9. The van der Waals surface area contributed by atoms with Crippen molar-refractivity contribution in [2.45, 2.75) is 52.1 Å². The molecule has 11 heteroatoms. The fourth-order valence-electron chi connectivity index (χ4n) is 6.16. The van der Waals surface area contributed by atoms with Crippen LogP contribution in [0.25, 0.3) is 17.0 Å². The molecule has 0 saturated carbocycles. The van der Waals surface area contributed by atoms with Gasteiger partial charge in [-0.3, -0.25) is 14.2 Å². The van der Waals surface area contributed by atoms with Crippen molar-refractivity contribution in [3.63, 3.8) is 0 Å². The zero-order valence-corrected chi connectivity index (χ0v) is 27.9. The number of fused-ring (bicyclic) bond motifs is 2. The van der Waals surface area contributed by atoms with E-state index in [0.717, 1.165) is 54.4 Å². The molecule has 2 aliphatic heterocycles. The molecule has 2 aliphatic rings. The maximum Gasteiger partial charge on any atom is 0.338 e. The van der Waals surface area contributed by atoms with Gasteiger partial charge in [-0.25, -0.2) is 9.79 Å². The largest absolute Gasteiger partial charge is 0.496 e. The highest BCUT2D eigenvalue weighted by Crippen LogP contribution is 2.36. The molecule has 1 atom stereocenters. The smallest absolute Gasteiger partial charge is 0.338 e. The summed E-state index contributed by atoms with van der Waals surface area (Å²) in [6, 6.07) is 12.7. The Labute approximate surface area is 273 Å². The molecule has 0 bridgehead atoms. The molecule has 4 aromatic rings. The number of hydrogen-bond acceptors (Lipinski definition) is 7. The molecule has 0 spiro atoms. The van der Waals surface area contributed by atoms with Crippen molar-refractivity contribution >= 4 is 56.1 Å². The van der Waals surface area contributed by atoms with Crippen LogP contribution in [-0.4, -0.2) is 52.7 Å². The maximum absolute atomic E-state index is 14.3. The second kappa shape index (κ2) is 13.2. The highest BCUT2D eigenvalue weighted by molar-refractivity contribution is 9.10. The Kier molecular flexibility index (Phi) is 9.09. The van der Waals surface area contributed by atoms with Crippen LogP contribution in [0.2, 0.25) is 0 Å². The van der Waals surface area contributed by atoms with Crippen LogP contribution in [0.1, 0.15) is 56.7 Å². The molecule has 0 aliphatic carbocycles. The molecule has 234 valence electrons. The monoisotopic (exact) mass is 690 g/mol. The summed E-state index contributed by atoms with van der Waals surface area (Å²) >= 11 is 4.88. The van der Waals surface area contributed by atoms with E-state index in [9.17, 15) is 14.4 Å². The fraction of sp³-hybridized carbons (Fsp3) is 0.353. The zero-order chi connectivity index (χ0) is 31.7. The summed E-state index contributed by atoms with van der Waals surface area (Å²) in [5.41, 5.74) is 3.24. The average Bonchev–Trinajstić information content (AvgIpc) is 3.76. The molecule has 1 amide bonds. The normalized spacial score (nSPS) is 16.7. The lowest BCUT2D eigenvalue weighted by Gasteiger charge is -2.26. The lowest BCUT2D eigenvalue weighted by atomic mass is 9.94. The predicted molar refractivity (Wildman–Crippen MR) is 178 cm³/mol. The van der Waals surface area contributed by atoms with Crippen molar-refractivity contribution in [2.75, 3.05) is 26.8 Å². The van der Waals surface area contributed by atoms with Gasteiger partial charge in [-0.1, -0.05) is 48.9 Å². The molecule has 1 saturated heterocycles. The van der Waals surface area contributed by atoms with E-state index in [-0.39, 0.29) is 24.6 Å². The number of nitrogens with zero attached hydrogens (tertiary/aromatic N) is 4. The summed E-state index contributed by atoms with van der Waals surface area (Å²) in [5, 5.41) is 0.951. The first kappa shape index (κ1) is 31.0. The highest BCUT2D eigenvalue weighted by atomic mass is 79.9. The molecule has 0 unspecified atom stereocenters. The zero-order valence-electron chi connectivity index (χ0n) is 25.5. The Bertz CT molecular complexity index is 2000. The first-order chi connectivity index (χ1) is 21.8. The van der Waals surface area contributed by atoms with Crippen molar-refractivity contribution in [3.05, 3.63) is 95.2 Å². The van der Waals surface area contributed by atoms with Crippen LogP contribution in [-0.2, 0) is 20.9 Å². The average molecular weight is 692 g/mol. The van der Waals surface area contributed by atoms with Gasteiger partial charge in [-0.2, -0.15) is 0 Å². The quantitative estimate of drug-likeness (QED) is 0.232. The number of methoxy groups -OCH3 is 1. The fourth-order valence-corrected chi connectivity index (χ4v) is 7.73. The van der Waals surface area contributed by atoms with E-state index < -0.39 is 12.0 Å². The third-order valence-electron chi connectivity index (χ3n) is 8.25. The van der Waals surface area contributed by atoms with Crippen molar-refractivity contribution in [3.8, 4) is 5.75 Å². The summed E-state index contributed by atoms with van der Waals surface area (Å²) in [7, 11) is 1.59. The van der Waals surface area contributed by atoms with Gasteiger partial charge in [0.15, 0.2) is 4.80 Å². The van der Waals surface area contributed by atoms with Crippen LogP contribution in [0.3, 0.4) is 0 Å². The van der Waals surface area contributed by atoms with Crippen LogP contribution in [0.4, 0.5) is 0 Å². The van der Waals surface area contributed by atoms with Gasteiger partial charge in [0.05, 0.1) is 40.0 Å². The first-order valence-corrected chi connectivity index (χ1v) is 16.9. The molecular formula is C34H35BrN4O5S. The van der Waals surface area contributed by atoms with Gasteiger partial charge in [-0.05, 0) is 72.0 Å². The number of carbonyl (C=O) groups excluding carboxylic acids is 2. The Morgan fingerprint density at radius 3 is 2.62 bits per heavy atom. The predicted octanol–water partition coefficient (Wildman–Crippen LogP) is 4.93. The number of likely N-dealkylation sites (tertiary alicyclic amines) is 1. The topological polar surface area (TPSA) is 95.1 Å². The summed E-state index contributed by atoms with van der Waals surface area (Å²) < 4.78 is 15.7. The number of benzene rings is 2. The van der Waals surface area contributed by atoms with Gasteiger partial charge in [0.25, 0.3) is 5.56 Å². The van der Waals surface area contributed by atoms with E-state index >= 15 is 0 Å². The van der Waals surface area contributed by atoms with Gasteiger partial charge in [-0.15, -0.1) is 0 Å². The molecule has 6 rings (SSSR count). The molecular weight excluding hydrogens is 656 g/mol. The number of esters is 1. The van der Waals surface area contributed by atoms with Crippen LogP contribution < -0.4 is 19.6 Å². The third kappa shape index (κ3) is 5.91. The Morgan fingerprint density at radius 1 is 1.13 bits per heavy atom. The number of thiazole rings is 1. The van der Waals surface area contributed by atoms with Crippen LogP contribution >= 0.6 is 27.3 Å². The van der Waals surface area contributed by atoms with Crippen LogP contribution in [0.5, 0.6) is 5.75 Å². The van der Waals surface area contributed by atoms with E-state index in [2.05, 4.69) is 15.9 Å². The van der Waals surface area contributed by atoms with E-state index in [0.29, 0.717) is 37.2 Å². The standard InChI is InChI=1S/C34H35BrN4O5S/c1-4-10-25-30(33(42)44-5-2)31(21-13-14-27(43-3)24(35)17-21)39-32(41)28(45-34(39)36-25)18-22-19-38(26-12-7-6-11-23(22)26)20-29(40)37-15-8-9-16-37/h6-7,11-14,17-19,31H,4-5,8-10,15-16,20H2,1-3H3/b28-18+/t31-/m1/s1. The lowest BCUT2D eigenvalue weighted by Crippen LogP contribution is -2.40. The Morgan fingerprint density at radius 2 is 1.91 bits per heavy atom. The van der Waals surface area contributed by atoms with Gasteiger partial charge < -0.3 is 18.9 Å². The molecule has 2 aromatic heterocycles. The molecule has 45 heavy (non-hydrogen) atoms. The van der Waals surface area contributed by atoms with Crippen molar-refractivity contribution in [1.29, 1.82) is 0 Å². The second-order valence-corrected chi connectivity index (χ2v) is 13.0. The second-order valence-electron chi connectivity index (χ2n) is 11.1. The van der Waals surface area contributed by atoms with Gasteiger partial charge >= 0.3 is 5.97 Å². The van der Waals surface area contributed by atoms with E-state index in [1.165, 1.54) is 11.3 Å². The summed E-state index contributed by atoms with van der Waals surface area (Å²) in [5.74, 6) is 0.252. The number of ether oxygens (including phenoxy) is 2. The summed E-state index contributed by atoms with van der Waals surface area (Å²) in [6.07, 6.45) is 7.22. The summed E-state index contributed by atoms with van der Waals surface area (Å²) in [4.78, 5) is 48.1. The number of halogens is 1. The third-order valence-corrected chi connectivity index (χ3v) is 9.86. The number of carbonyl (C=O) groups is 2. The van der Waals surface area contributed by atoms with Crippen LogP contribution in [0, 0.1) is 0 Å². The minimum atomic E-state index is -0.731. The SMILES string of the molecule is CCCC1=C(C(=O)OCC)[C@@H](c2ccc(OC)c(Br)c2)n2c(s/c(=C/c3cn(CC(=O)N4CCCC4)c4ccccc34)c2=O)=N1. The van der Waals surface area contributed by atoms with Gasteiger partial charge in [0.1, 0.15) is 12.3 Å². The first-order valence-electron chi connectivity index (χ1n) is 15.3. The highest BCUT2D eigenvalue weighted by Gasteiger charge is 2.34. The minimum absolute atomic E-state index is 0.0970. The van der Waals surface area contributed by atoms with E-state index in [4.69, 9.17) is 14.5 Å². The molecule has 1 fully saturated rings. The molecule has 0 N–H and O–H groups in total. The molecule has 4 heterocycles. The number of hydrogen-bond donors (Lipinski definition) is 0.